The van der Waals surface area contributed by atoms with Gasteiger partial charge in [-0.1, -0.05) is 60.7 Å². The van der Waals surface area contributed by atoms with Crippen molar-refractivity contribution in [3.05, 3.63) is 95.8 Å². The summed E-state index contributed by atoms with van der Waals surface area (Å²) in [4.78, 5) is 17.5. The summed E-state index contributed by atoms with van der Waals surface area (Å²) in [6.07, 6.45) is -0.624. The van der Waals surface area contributed by atoms with Crippen LogP contribution in [0.5, 0.6) is 0 Å². The second-order valence-electron chi connectivity index (χ2n) is 8.42. The molecule has 0 radical (unpaired) electrons. The van der Waals surface area contributed by atoms with Crippen LogP contribution in [0.25, 0.3) is 22.2 Å². The zero-order valence-corrected chi connectivity index (χ0v) is 18.1. The number of nitrogens with zero attached hydrogens (tertiary/aromatic N) is 1. The third kappa shape index (κ3) is 4.34. The van der Waals surface area contributed by atoms with Gasteiger partial charge in [0.15, 0.2) is 0 Å². The molecular formula is C27H25FN2O3. The molecule has 1 aliphatic heterocycles. The van der Waals surface area contributed by atoms with Gasteiger partial charge < -0.3 is 19.7 Å². The molecule has 1 aromatic heterocycles. The van der Waals surface area contributed by atoms with Crippen LogP contribution < -0.4 is 0 Å². The fourth-order valence-corrected chi connectivity index (χ4v) is 4.65. The van der Waals surface area contributed by atoms with E-state index < -0.39 is 12.2 Å². The molecule has 2 atom stereocenters. The van der Waals surface area contributed by atoms with Crippen LogP contribution in [0, 0.1) is 5.82 Å². The maximum Gasteiger partial charge on any atom is 0.410 e. The highest BCUT2D eigenvalue weighted by atomic mass is 19.1. The second kappa shape index (κ2) is 9.08. The van der Waals surface area contributed by atoms with Crippen LogP contribution in [0.2, 0.25) is 0 Å². The van der Waals surface area contributed by atoms with Crippen LogP contribution in [-0.2, 0) is 11.3 Å². The van der Waals surface area contributed by atoms with Gasteiger partial charge >= 0.3 is 6.09 Å². The molecule has 5 rings (SSSR count). The number of benzene rings is 3. The van der Waals surface area contributed by atoms with Crippen molar-refractivity contribution in [3.63, 3.8) is 0 Å². The van der Waals surface area contributed by atoms with Crippen LogP contribution >= 0.6 is 0 Å². The molecule has 2 heterocycles. The third-order valence-corrected chi connectivity index (χ3v) is 6.28. The number of carbonyl (C=O) groups excluding carboxylic acids is 1. The maximum absolute atomic E-state index is 13.9. The van der Waals surface area contributed by atoms with E-state index in [-0.39, 0.29) is 24.9 Å². The summed E-state index contributed by atoms with van der Waals surface area (Å²) < 4.78 is 19.4. The Kier molecular flexibility index (Phi) is 5.84. The van der Waals surface area contributed by atoms with Gasteiger partial charge in [0, 0.05) is 23.4 Å². The Labute approximate surface area is 191 Å². The van der Waals surface area contributed by atoms with Gasteiger partial charge in [-0.25, -0.2) is 9.18 Å². The molecule has 4 aromatic rings. The molecule has 1 aliphatic rings. The molecule has 0 bridgehead atoms. The SMILES string of the molecule is O=C(OCc1ccccc1)N1CC[C@@H](c2c(-c3ccccc3)[nH]c3cc(F)ccc23)[C@H](O)C1. The predicted octanol–water partition coefficient (Wildman–Crippen LogP) is 5.46. The van der Waals surface area contributed by atoms with Gasteiger partial charge in [0.2, 0.25) is 0 Å². The molecule has 0 saturated carbocycles. The number of aromatic nitrogens is 1. The van der Waals surface area contributed by atoms with Crippen molar-refractivity contribution in [2.45, 2.75) is 25.0 Å². The van der Waals surface area contributed by atoms with E-state index in [1.807, 2.05) is 60.7 Å². The molecule has 6 heteroatoms. The first-order valence-corrected chi connectivity index (χ1v) is 11.1. The van der Waals surface area contributed by atoms with Crippen molar-refractivity contribution in [1.29, 1.82) is 0 Å². The van der Waals surface area contributed by atoms with E-state index in [1.54, 1.807) is 11.0 Å². The summed E-state index contributed by atoms with van der Waals surface area (Å²) in [6.45, 7) is 0.847. The summed E-state index contributed by atoms with van der Waals surface area (Å²) >= 11 is 0. The van der Waals surface area contributed by atoms with Crippen molar-refractivity contribution in [3.8, 4) is 11.3 Å². The molecule has 33 heavy (non-hydrogen) atoms. The monoisotopic (exact) mass is 444 g/mol. The van der Waals surface area contributed by atoms with Gasteiger partial charge in [-0.15, -0.1) is 0 Å². The first-order chi connectivity index (χ1) is 16.1. The highest BCUT2D eigenvalue weighted by molar-refractivity contribution is 5.91. The highest BCUT2D eigenvalue weighted by Gasteiger charge is 2.35. The minimum Gasteiger partial charge on any atom is -0.445 e. The maximum atomic E-state index is 13.9. The number of likely N-dealkylation sites (tertiary alicyclic amines) is 1. The van der Waals surface area contributed by atoms with Crippen molar-refractivity contribution in [1.82, 2.24) is 9.88 Å². The molecule has 2 N–H and O–H groups in total. The zero-order chi connectivity index (χ0) is 22.8. The van der Waals surface area contributed by atoms with E-state index in [2.05, 4.69) is 4.98 Å². The first-order valence-electron chi connectivity index (χ1n) is 11.1. The second-order valence-corrected chi connectivity index (χ2v) is 8.42. The predicted molar refractivity (Wildman–Crippen MR) is 125 cm³/mol. The molecule has 0 spiro atoms. The molecular weight excluding hydrogens is 419 g/mol. The fourth-order valence-electron chi connectivity index (χ4n) is 4.65. The van der Waals surface area contributed by atoms with Gasteiger partial charge in [0.25, 0.3) is 0 Å². The number of fused-ring (bicyclic) bond motifs is 1. The number of β-amino-alcohol motifs (C(OH)–C–C–N with tert-alkyl or cyclic N) is 1. The van der Waals surface area contributed by atoms with Gasteiger partial charge in [-0.05, 0) is 41.3 Å². The smallest absolute Gasteiger partial charge is 0.410 e. The topological polar surface area (TPSA) is 65.6 Å². The van der Waals surface area contributed by atoms with Crippen LogP contribution in [0.4, 0.5) is 9.18 Å². The summed E-state index contributed by atoms with van der Waals surface area (Å²) in [5.41, 5.74) is 4.42. The van der Waals surface area contributed by atoms with Crippen LogP contribution in [0.15, 0.2) is 78.9 Å². The largest absolute Gasteiger partial charge is 0.445 e. The Bertz CT molecular complexity index is 1260. The Hall–Kier alpha value is -3.64. The molecule has 1 amide bonds. The van der Waals surface area contributed by atoms with E-state index in [9.17, 15) is 14.3 Å². The molecule has 0 aliphatic carbocycles. The lowest BCUT2D eigenvalue weighted by Gasteiger charge is -2.35. The van der Waals surface area contributed by atoms with Crippen molar-refractivity contribution >= 4 is 17.0 Å². The number of aromatic amines is 1. The number of H-pyrrole nitrogens is 1. The number of hydrogen-bond acceptors (Lipinski definition) is 3. The Balaban J connectivity index is 1.38. The number of aliphatic hydroxyl groups excluding tert-OH is 1. The quantitative estimate of drug-likeness (QED) is 0.439. The number of halogens is 1. The number of ether oxygens (including phenoxy) is 1. The van der Waals surface area contributed by atoms with Gasteiger partial charge in [0.05, 0.1) is 18.3 Å². The number of hydrogen-bond donors (Lipinski definition) is 2. The van der Waals surface area contributed by atoms with E-state index in [4.69, 9.17) is 4.74 Å². The van der Waals surface area contributed by atoms with Crippen molar-refractivity contribution in [2.24, 2.45) is 0 Å². The first kappa shape index (κ1) is 21.2. The number of nitrogens with one attached hydrogen (secondary N) is 1. The highest BCUT2D eigenvalue weighted by Crippen LogP contribution is 2.40. The van der Waals surface area contributed by atoms with Crippen LogP contribution in [0.3, 0.4) is 0 Å². The lowest BCUT2D eigenvalue weighted by molar-refractivity contribution is 0.0348. The molecule has 1 fully saturated rings. The third-order valence-electron chi connectivity index (χ3n) is 6.28. The summed E-state index contributed by atoms with van der Waals surface area (Å²) in [5.74, 6) is -0.510. The normalized spacial score (nSPS) is 18.4. The molecule has 0 unspecified atom stereocenters. The Morgan fingerprint density at radius 2 is 1.79 bits per heavy atom. The standard InChI is InChI=1S/C27H25FN2O3/c28-20-11-12-21-23(15-20)29-26(19-9-5-2-6-10-19)25(21)22-13-14-30(16-24(22)31)27(32)33-17-18-7-3-1-4-8-18/h1-12,15,22,24,29,31H,13-14,16-17H2/t22-,24-/m1/s1. The van der Waals surface area contributed by atoms with Crippen LogP contribution in [0.1, 0.15) is 23.5 Å². The Morgan fingerprint density at radius 3 is 2.52 bits per heavy atom. The van der Waals surface area contributed by atoms with E-state index >= 15 is 0 Å². The average Bonchev–Trinajstić information content (AvgIpc) is 3.22. The number of rotatable bonds is 4. The minimum atomic E-state index is -0.769. The summed E-state index contributed by atoms with van der Waals surface area (Å²) in [6, 6.07) is 24.0. The van der Waals surface area contributed by atoms with E-state index in [0.717, 1.165) is 27.8 Å². The van der Waals surface area contributed by atoms with E-state index in [1.165, 1.54) is 12.1 Å². The number of aliphatic hydroxyl groups is 1. The van der Waals surface area contributed by atoms with Crippen molar-refractivity contribution in [2.75, 3.05) is 13.1 Å². The molecule has 1 saturated heterocycles. The molecule has 168 valence electrons. The zero-order valence-electron chi connectivity index (χ0n) is 18.1. The summed E-state index contributed by atoms with van der Waals surface area (Å²) in [7, 11) is 0. The van der Waals surface area contributed by atoms with Gasteiger partial charge in [-0.3, -0.25) is 0 Å². The van der Waals surface area contributed by atoms with Crippen LogP contribution in [-0.4, -0.2) is 40.3 Å². The average molecular weight is 445 g/mol. The molecule has 5 nitrogen and oxygen atoms in total. The van der Waals surface area contributed by atoms with Gasteiger partial charge in [0.1, 0.15) is 12.4 Å². The van der Waals surface area contributed by atoms with E-state index in [0.29, 0.717) is 18.5 Å². The Morgan fingerprint density at radius 1 is 1.06 bits per heavy atom. The van der Waals surface area contributed by atoms with Gasteiger partial charge in [-0.2, -0.15) is 0 Å². The lowest BCUT2D eigenvalue weighted by Crippen LogP contribution is -2.46. The number of amides is 1. The minimum absolute atomic E-state index is 0.181. The number of piperidine rings is 1. The molecule has 3 aromatic carbocycles. The fraction of sp³-hybridized carbons (Fsp3) is 0.222. The van der Waals surface area contributed by atoms with Crippen molar-refractivity contribution < 1.29 is 19.0 Å². The summed E-state index contributed by atoms with van der Waals surface area (Å²) in [5, 5.41) is 12.0. The lowest BCUT2D eigenvalue weighted by atomic mass is 9.84. The number of carbonyl (C=O) groups is 1.